The Kier molecular flexibility index (Phi) is 6.83. The van der Waals surface area contributed by atoms with Gasteiger partial charge in [-0.3, -0.25) is 10.1 Å². The lowest BCUT2D eigenvalue weighted by atomic mass is 10.1. The van der Waals surface area contributed by atoms with Crippen LogP contribution in [0.5, 0.6) is 0 Å². The van der Waals surface area contributed by atoms with Crippen molar-refractivity contribution in [2.45, 2.75) is 35.1 Å². The number of hydrogen-bond donors (Lipinski definition) is 1. The molecule has 1 rings (SSSR count). The molecule has 19 heavy (non-hydrogen) atoms. The largest absolute Gasteiger partial charge is 0.449 e. The quantitative estimate of drug-likeness (QED) is 0.836. The molecule has 1 aromatic rings. The van der Waals surface area contributed by atoms with Gasteiger partial charge in [0.2, 0.25) is 0 Å². The smallest absolute Gasteiger partial charge is 0.411 e. The van der Waals surface area contributed by atoms with Gasteiger partial charge in [-0.25, -0.2) is 4.79 Å². The number of amides is 1. The molecule has 0 spiro atoms. The van der Waals surface area contributed by atoms with Gasteiger partial charge in [0.05, 0.1) is 6.61 Å². The first-order valence-electron chi connectivity index (χ1n) is 5.95. The second-order valence-electron chi connectivity index (χ2n) is 4.70. The van der Waals surface area contributed by atoms with E-state index in [1.807, 2.05) is 20.8 Å². The number of carbonyl (C=O) groups excluding carboxylic acids is 2. The molecule has 0 unspecified atom stereocenters. The van der Waals surface area contributed by atoms with Crippen LogP contribution in [0.3, 0.4) is 0 Å². The van der Waals surface area contributed by atoms with E-state index < -0.39 is 6.09 Å². The van der Waals surface area contributed by atoms with Gasteiger partial charge in [-0.1, -0.05) is 21.3 Å². The SMILES string of the molecule is C.CC(=O)c1ccc(NC(=O)OCC(C)C)cc1C. The maximum atomic E-state index is 11.4. The van der Waals surface area contributed by atoms with E-state index in [1.165, 1.54) is 6.92 Å². The van der Waals surface area contributed by atoms with E-state index in [0.29, 0.717) is 23.8 Å². The fourth-order valence-corrected chi connectivity index (χ4v) is 1.53. The lowest BCUT2D eigenvalue weighted by Gasteiger charge is -2.10. The highest BCUT2D eigenvalue weighted by molar-refractivity contribution is 5.96. The molecule has 0 fully saturated rings. The van der Waals surface area contributed by atoms with Crippen LogP contribution in [-0.4, -0.2) is 18.5 Å². The number of hydrogen-bond acceptors (Lipinski definition) is 3. The summed E-state index contributed by atoms with van der Waals surface area (Å²) in [5.41, 5.74) is 2.13. The van der Waals surface area contributed by atoms with Crippen molar-refractivity contribution in [1.82, 2.24) is 0 Å². The Bertz CT molecular complexity index is 453. The van der Waals surface area contributed by atoms with E-state index >= 15 is 0 Å². The second-order valence-corrected chi connectivity index (χ2v) is 4.70. The molecule has 0 heterocycles. The molecule has 1 N–H and O–H groups in total. The van der Waals surface area contributed by atoms with Gasteiger partial charge in [0.1, 0.15) is 0 Å². The molecule has 0 aliphatic heterocycles. The van der Waals surface area contributed by atoms with Crippen LogP contribution in [0.4, 0.5) is 10.5 Å². The Morgan fingerprint density at radius 2 is 1.95 bits per heavy atom. The van der Waals surface area contributed by atoms with Crippen molar-refractivity contribution in [3.8, 4) is 0 Å². The van der Waals surface area contributed by atoms with Crippen LogP contribution in [-0.2, 0) is 4.74 Å². The maximum Gasteiger partial charge on any atom is 0.411 e. The maximum absolute atomic E-state index is 11.4. The Balaban J connectivity index is 0.00000324. The van der Waals surface area contributed by atoms with Gasteiger partial charge < -0.3 is 4.74 Å². The van der Waals surface area contributed by atoms with Gasteiger partial charge in [0, 0.05) is 11.3 Å². The van der Waals surface area contributed by atoms with Crippen LogP contribution in [0.25, 0.3) is 0 Å². The van der Waals surface area contributed by atoms with Crippen LogP contribution < -0.4 is 5.32 Å². The number of rotatable bonds is 4. The van der Waals surface area contributed by atoms with Gasteiger partial charge in [-0.15, -0.1) is 0 Å². The molecule has 4 nitrogen and oxygen atoms in total. The summed E-state index contributed by atoms with van der Waals surface area (Å²) in [6, 6.07) is 5.16. The van der Waals surface area contributed by atoms with Crippen molar-refractivity contribution in [1.29, 1.82) is 0 Å². The van der Waals surface area contributed by atoms with Crippen LogP contribution in [0.15, 0.2) is 18.2 Å². The zero-order chi connectivity index (χ0) is 13.7. The molecule has 4 heteroatoms. The van der Waals surface area contributed by atoms with E-state index in [-0.39, 0.29) is 13.2 Å². The van der Waals surface area contributed by atoms with Crippen molar-refractivity contribution in [2.24, 2.45) is 5.92 Å². The van der Waals surface area contributed by atoms with Crippen LogP contribution in [0, 0.1) is 12.8 Å². The number of ketones is 1. The van der Waals surface area contributed by atoms with Gasteiger partial charge in [-0.2, -0.15) is 0 Å². The molecule has 0 aliphatic rings. The number of carbonyl (C=O) groups is 2. The van der Waals surface area contributed by atoms with Crippen molar-refractivity contribution in [3.05, 3.63) is 29.3 Å². The fourth-order valence-electron chi connectivity index (χ4n) is 1.53. The highest BCUT2D eigenvalue weighted by atomic mass is 16.5. The Hall–Kier alpha value is -1.84. The molecule has 0 aliphatic carbocycles. The first-order valence-corrected chi connectivity index (χ1v) is 5.95. The highest BCUT2D eigenvalue weighted by Crippen LogP contribution is 2.16. The monoisotopic (exact) mass is 265 g/mol. The van der Waals surface area contributed by atoms with Crippen LogP contribution >= 0.6 is 0 Å². The summed E-state index contributed by atoms with van der Waals surface area (Å²) >= 11 is 0. The van der Waals surface area contributed by atoms with Crippen molar-refractivity contribution >= 4 is 17.6 Å². The van der Waals surface area contributed by atoms with E-state index in [1.54, 1.807) is 18.2 Å². The molecule has 0 aromatic heterocycles. The molecule has 0 bridgehead atoms. The third-order valence-electron chi connectivity index (χ3n) is 2.40. The first-order chi connectivity index (χ1) is 8.40. The summed E-state index contributed by atoms with van der Waals surface area (Å²) in [6.45, 7) is 7.68. The highest BCUT2D eigenvalue weighted by Gasteiger charge is 2.08. The lowest BCUT2D eigenvalue weighted by Crippen LogP contribution is -2.16. The molecule has 1 amide bonds. The van der Waals surface area contributed by atoms with Crippen molar-refractivity contribution in [3.63, 3.8) is 0 Å². The van der Waals surface area contributed by atoms with Gasteiger partial charge in [0.15, 0.2) is 5.78 Å². The van der Waals surface area contributed by atoms with Gasteiger partial charge in [-0.05, 0) is 43.5 Å². The number of anilines is 1. The van der Waals surface area contributed by atoms with E-state index in [4.69, 9.17) is 4.74 Å². The van der Waals surface area contributed by atoms with E-state index in [0.717, 1.165) is 5.56 Å². The Labute approximate surface area is 115 Å². The third kappa shape index (κ3) is 5.55. The zero-order valence-electron chi connectivity index (χ0n) is 11.2. The van der Waals surface area contributed by atoms with Crippen molar-refractivity contribution in [2.75, 3.05) is 11.9 Å². The average molecular weight is 265 g/mol. The number of nitrogens with one attached hydrogen (secondary N) is 1. The Morgan fingerprint density at radius 3 is 2.42 bits per heavy atom. The van der Waals surface area contributed by atoms with Crippen LogP contribution in [0.1, 0.15) is 44.1 Å². The van der Waals surface area contributed by atoms with Gasteiger partial charge in [0.25, 0.3) is 0 Å². The molecular formula is C15H23NO3. The summed E-state index contributed by atoms with van der Waals surface area (Å²) in [5.74, 6) is 0.319. The van der Waals surface area contributed by atoms with Crippen LogP contribution in [0.2, 0.25) is 0 Å². The molecule has 0 radical (unpaired) electrons. The molecule has 0 atom stereocenters. The molecular weight excluding hydrogens is 242 g/mol. The number of benzene rings is 1. The number of aryl methyl sites for hydroxylation is 1. The summed E-state index contributed by atoms with van der Waals surface area (Å²) < 4.78 is 5.01. The minimum absolute atomic E-state index is 0. The third-order valence-corrected chi connectivity index (χ3v) is 2.40. The standard InChI is InChI=1S/C14H19NO3.CH4/c1-9(2)8-18-14(17)15-12-5-6-13(11(4)16)10(3)7-12;/h5-7,9H,8H2,1-4H3,(H,15,17);1H4. The summed E-state index contributed by atoms with van der Waals surface area (Å²) in [7, 11) is 0. The first kappa shape index (κ1) is 17.2. The lowest BCUT2D eigenvalue weighted by molar-refractivity contribution is 0.101. The molecule has 1 aromatic carbocycles. The normalized spacial score (nSPS) is 9.74. The number of Topliss-reactive ketones (excluding diaryl/α,β-unsaturated/α-hetero) is 1. The minimum atomic E-state index is -0.473. The van der Waals surface area contributed by atoms with E-state index in [9.17, 15) is 9.59 Å². The number of ether oxygens (including phenoxy) is 1. The predicted octanol–water partition coefficient (Wildman–Crippen LogP) is 4.04. The zero-order valence-corrected chi connectivity index (χ0v) is 11.2. The van der Waals surface area contributed by atoms with E-state index in [2.05, 4.69) is 5.32 Å². The minimum Gasteiger partial charge on any atom is -0.449 e. The second kappa shape index (κ2) is 7.56. The summed E-state index contributed by atoms with van der Waals surface area (Å²) in [4.78, 5) is 22.7. The molecule has 0 saturated heterocycles. The fraction of sp³-hybridized carbons (Fsp3) is 0.467. The molecule has 0 saturated carbocycles. The summed E-state index contributed by atoms with van der Waals surface area (Å²) in [5, 5.41) is 2.63. The summed E-state index contributed by atoms with van der Waals surface area (Å²) in [6.07, 6.45) is -0.473. The Morgan fingerprint density at radius 1 is 1.32 bits per heavy atom. The van der Waals surface area contributed by atoms with Crippen molar-refractivity contribution < 1.29 is 14.3 Å². The topological polar surface area (TPSA) is 55.4 Å². The van der Waals surface area contributed by atoms with Gasteiger partial charge >= 0.3 is 6.09 Å². The molecule has 106 valence electrons. The average Bonchev–Trinajstić information content (AvgIpc) is 2.26. The predicted molar refractivity (Wildman–Crippen MR) is 77.7 cm³/mol.